The van der Waals surface area contributed by atoms with E-state index in [1.807, 2.05) is 24.3 Å². The number of ketones is 1. The van der Waals surface area contributed by atoms with Crippen LogP contribution in [-0.2, 0) is 21.6 Å². The van der Waals surface area contributed by atoms with Crippen molar-refractivity contribution in [2.45, 2.75) is 37.7 Å². The van der Waals surface area contributed by atoms with Gasteiger partial charge in [0.2, 0.25) is 5.91 Å². The Balaban J connectivity index is 1.68. The third-order valence-electron chi connectivity index (χ3n) is 4.43. The van der Waals surface area contributed by atoms with Gasteiger partial charge in [0, 0.05) is 12.8 Å². The summed E-state index contributed by atoms with van der Waals surface area (Å²) in [5.41, 5.74) is 1.11. The molecule has 2 aliphatic carbocycles. The molecule has 0 spiro atoms. The number of nitrogens with one attached hydrogen (secondary N) is 1. The first-order valence-corrected chi connectivity index (χ1v) is 7.19. The van der Waals surface area contributed by atoms with Crippen molar-refractivity contribution in [3.63, 3.8) is 0 Å². The number of hydrogen-bond donors (Lipinski definition) is 2. The molecule has 0 aromatic heterocycles. The van der Waals surface area contributed by atoms with Crippen LogP contribution < -0.4 is 5.32 Å². The Morgan fingerprint density at radius 2 is 2.10 bits per heavy atom. The van der Waals surface area contributed by atoms with Crippen molar-refractivity contribution >= 4 is 11.7 Å². The molecule has 0 bridgehead atoms. The number of aliphatic hydroxyl groups is 1. The van der Waals surface area contributed by atoms with Gasteiger partial charge in [0.25, 0.3) is 0 Å². The van der Waals surface area contributed by atoms with Crippen molar-refractivity contribution < 1.29 is 14.7 Å². The summed E-state index contributed by atoms with van der Waals surface area (Å²) in [4.78, 5) is 22.8. The van der Waals surface area contributed by atoms with Gasteiger partial charge in [-0.1, -0.05) is 24.3 Å². The Morgan fingerprint density at radius 3 is 2.85 bits per heavy atom. The molecule has 20 heavy (non-hydrogen) atoms. The number of rotatable bonds is 3. The van der Waals surface area contributed by atoms with Gasteiger partial charge < -0.3 is 10.4 Å². The predicted octanol–water partition coefficient (Wildman–Crippen LogP) is 1.31. The lowest BCUT2D eigenvalue weighted by molar-refractivity contribution is -0.138. The zero-order valence-corrected chi connectivity index (χ0v) is 11.4. The standard InChI is InChI=1S/C16H19NO3/c18-13-8-12(9-13)15(19)17-10-16(20)7-3-5-11-4-1-2-6-14(11)16/h1-2,4,6,12,20H,3,5,7-10H2,(H,17,19). The average Bonchev–Trinajstić information content (AvgIpc) is 2.42. The van der Waals surface area contributed by atoms with Crippen LogP contribution in [0.15, 0.2) is 24.3 Å². The van der Waals surface area contributed by atoms with Crippen LogP contribution >= 0.6 is 0 Å². The fourth-order valence-corrected chi connectivity index (χ4v) is 3.13. The number of hydrogen-bond acceptors (Lipinski definition) is 3. The number of fused-ring (bicyclic) bond motifs is 1. The maximum Gasteiger partial charge on any atom is 0.224 e. The van der Waals surface area contributed by atoms with Crippen LogP contribution in [0.4, 0.5) is 0 Å². The van der Waals surface area contributed by atoms with Crippen molar-refractivity contribution in [3.8, 4) is 0 Å². The minimum atomic E-state index is -0.974. The highest BCUT2D eigenvalue weighted by Crippen LogP contribution is 2.35. The molecule has 2 aliphatic rings. The number of amides is 1. The van der Waals surface area contributed by atoms with E-state index in [1.54, 1.807) is 0 Å². The normalized spacial score (nSPS) is 25.8. The summed E-state index contributed by atoms with van der Waals surface area (Å²) in [6.07, 6.45) is 3.25. The van der Waals surface area contributed by atoms with Crippen molar-refractivity contribution in [1.82, 2.24) is 5.32 Å². The van der Waals surface area contributed by atoms with Crippen LogP contribution in [0.3, 0.4) is 0 Å². The second-order valence-corrected chi connectivity index (χ2v) is 5.90. The van der Waals surface area contributed by atoms with Gasteiger partial charge in [0.1, 0.15) is 11.4 Å². The van der Waals surface area contributed by atoms with E-state index in [-0.39, 0.29) is 24.2 Å². The Bertz CT molecular complexity index is 546. The maximum absolute atomic E-state index is 11.9. The molecule has 106 valence electrons. The molecule has 3 rings (SSSR count). The highest BCUT2D eigenvalue weighted by atomic mass is 16.3. The number of carbonyl (C=O) groups excluding carboxylic acids is 2. The van der Waals surface area contributed by atoms with E-state index < -0.39 is 5.60 Å². The third-order valence-corrected chi connectivity index (χ3v) is 4.43. The van der Waals surface area contributed by atoms with Crippen LogP contribution in [0.1, 0.15) is 36.8 Å². The molecule has 2 N–H and O–H groups in total. The third kappa shape index (κ3) is 2.36. The predicted molar refractivity (Wildman–Crippen MR) is 74.0 cm³/mol. The minimum absolute atomic E-state index is 0.110. The van der Waals surface area contributed by atoms with Crippen LogP contribution in [0.5, 0.6) is 0 Å². The molecule has 1 saturated carbocycles. The Morgan fingerprint density at radius 1 is 1.35 bits per heavy atom. The van der Waals surface area contributed by atoms with Crippen LogP contribution in [0.2, 0.25) is 0 Å². The van der Waals surface area contributed by atoms with Gasteiger partial charge in [-0.3, -0.25) is 9.59 Å². The SMILES string of the molecule is O=C1CC(C(=O)NCC2(O)CCCc3ccccc32)C1. The Kier molecular flexibility index (Phi) is 3.34. The second kappa shape index (κ2) is 5.02. The largest absolute Gasteiger partial charge is 0.383 e. The number of benzene rings is 1. The van der Waals surface area contributed by atoms with Gasteiger partial charge in [0.15, 0.2) is 0 Å². The zero-order chi connectivity index (χ0) is 14.2. The molecule has 4 nitrogen and oxygen atoms in total. The lowest BCUT2D eigenvalue weighted by Crippen LogP contribution is -2.46. The van der Waals surface area contributed by atoms with E-state index in [4.69, 9.17) is 0 Å². The molecule has 0 aliphatic heterocycles. The van der Waals surface area contributed by atoms with Crippen LogP contribution in [0.25, 0.3) is 0 Å². The Hall–Kier alpha value is -1.68. The summed E-state index contributed by atoms with van der Waals surface area (Å²) in [5, 5.41) is 13.6. The summed E-state index contributed by atoms with van der Waals surface area (Å²) >= 11 is 0. The highest BCUT2D eigenvalue weighted by molar-refractivity contribution is 5.96. The average molecular weight is 273 g/mol. The van der Waals surface area contributed by atoms with E-state index >= 15 is 0 Å². The number of Topliss-reactive ketones (excluding diaryl/α,β-unsaturated/α-hetero) is 1. The molecule has 1 aromatic carbocycles. The first-order chi connectivity index (χ1) is 9.58. The summed E-state index contributed by atoms with van der Waals surface area (Å²) in [7, 11) is 0. The zero-order valence-electron chi connectivity index (χ0n) is 11.4. The Labute approximate surface area is 118 Å². The van der Waals surface area contributed by atoms with Gasteiger partial charge in [-0.15, -0.1) is 0 Å². The quantitative estimate of drug-likeness (QED) is 0.872. The molecular formula is C16H19NO3. The molecule has 0 saturated heterocycles. The second-order valence-electron chi connectivity index (χ2n) is 5.90. The topological polar surface area (TPSA) is 66.4 Å². The van der Waals surface area contributed by atoms with E-state index in [2.05, 4.69) is 5.32 Å². The maximum atomic E-state index is 11.9. The molecule has 1 unspecified atom stereocenters. The molecule has 1 fully saturated rings. The molecule has 1 atom stereocenters. The first-order valence-electron chi connectivity index (χ1n) is 7.19. The molecular weight excluding hydrogens is 254 g/mol. The molecule has 4 heteroatoms. The van der Waals surface area contributed by atoms with E-state index in [9.17, 15) is 14.7 Å². The van der Waals surface area contributed by atoms with Gasteiger partial charge in [-0.05, 0) is 30.4 Å². The highest BCUT2D eigenvalue weighted by Gasteiger charge is 2.37. The molecule has 1 aromatic rings. The fraction of sp³-hybridized carbons (Fsp3) is 0.500. The lowest BCUT2D eigenvalue weighted by atomic mass is 9.78. The van der Waals surface area contributed by atoms with Gasteiger partial charge in [-0.2, -0.15) is 0 Å². The van der Waals surface area contributed by atoms with Crippen molar-refractivity contribution in [2.75, 3.05) is 6.54 Å². The molecule has 1 amide bonds. The van der Waals surface area contributed by atoms with Crippen molar-refractivity contribution in [3.05, 3.63) is 35.4 Å². The van der Waals surface area contributed by atoms with Crippen molar-refractivity contribution in [2.24, 2.45) is 5.92 Å². The number of aryl methyl sites for hydroxylation is 1. The first kappa shape index (κ1) is 13.3. The minimum Gasteiger partial charge on any atom is -0.383 e. The molecule has 0 radical (unpaired) electrons. The monoisotopic (exact) mass is 273 g/mol. The fourth-order valence-electron chi connectivity index (χ4n) is 3.13. The van der Waals surface area contributed by atoms with Crippen LogP contribution in [0, 0.1) is 5.92 Å². The van der Waals surface area contributed by atoms with Crippen molar-refractivity contribution in [1.29, 1.82) is 0 Å². The van der Waals surface area contributed by atoms with Gasteiger partial charge in [0.05, 0.1) is 12.5 Å². The summed E-state index contributed by atoms with van der Waals surface area (Å²) in [6, 6.07) is 7.87. The van der Waals surface area contributed by atoms with Gasteiger partial charge >= 0.3 is 0 Å². The van der Waals surface area contributed by atoms with E-state index in [1.165, 1.54) is 0 Å². The van der Waals surface area contributed by atoms with Gasteiger partial charge in [-0.25, -0.2) is 0 Å². The summed E-state index contributed by atoms with van der Waals surface area (Å²) in [6.45, 7) is 0.230. The smallest absolute Gasteiger partial charge is 0.224 e. The summed E-state index contributed by atoms with van der Waals surface area (Å²) in [5.74, 6) is -0.155. The lowest BCUT2D eigenvalue weighted by Gasteiger charge is -2.35. The van der Waals surface area contributed by atoms with E-state index in [0.29, 0.717) is 19.3 Å². The summed E-state index contributed by atoms with van der Waals surface area (Å²) < 4.78 is 0. The number of carbonyl (C=O) groups is 2. The van der Waals surface area contributed by atoms with Crippen LogP contribution in [-0.4, -0.2) is 23.3 Å². The van der Waals surface area contributed by atoms with E-state index in [0.717, 1.165) is 24.0 Å². The molecule has 0 heterocycles.